The number of piperazine rings is 1. The van der Waals surface area contributed by atoms with Crippen molar-refractivity contribution in [3.05, 3.63) is 53.7 Å². The second-order valence-corrected chi connectivity index (χ2v) is 6.89. The number of fused-ring (bicyclic) bond motifs is 3. The molecule has 124 valence electrons. The van der Waals surface area contributed by atoms with Crippen LogP contribution in [0.2, 0.25) is 0 Å². The highest BCUT2D eigenvalue weighted by Gasteiger charge is 2.37. The lowest BCUT2D eigenvalue weighted by atomic mass is 10.1. The van der Waals surface area contributed by atoms with Crippen molar-refractivity contribution in [1.82, 2.24) is 15.2 Å². The molecule has 1 N–H and O–H groups in total. The first kappa shape index (κ1) is 14.3. The fraction of sp³-hybridized carbons (Fsp3) is 0.421. The third-order valence-corrected chi connectivity index (χ3v) is 5.29. The zero-order valence-corrected chi connectivity index (χ0v) is 13.5. The molecule has 2 bridgehead atoms. The smallest absolute Gasteiger partial charge is 0.257 e. The van der Waals surface area contributed by atoms with Gasteiger partial charge in [0.15, 0.2) is 11.9 Å². The van der Waals surface area contributed by atoms with Crippen molar-refractivity contribution >= 4 is 0 Å². The molecule has 2 saturated heterocycles. The van der Waals surface area contributed by atoms with E-state index in [1.54, 1.807) is 6.20 Å². The van der Waals surface area contributed by atoms with Crippen LogP contribution >= 0.6 is 0 Å². The van der Waals surface area contributed by atoms with E-state index in [0.717, 1.165) is 24.4 Å². The van der Waals surface area contributed by atoms with E-state index in [9.17, 15) is 0 Å². The molecule has 3 atom stereocenters. The van der Waals surface area contributed by atoms with Gasteiger partial charge < -0.3 is 14.8 Å². The Hall–Kier alpha value is -2.11. The highest BCUT2D eigenvalue weighted by Crippen LogP contribution is 2.34. The van der Waals surface area contributed by atoms with Crippen molar-refractivity contribution in [2.45, 2.75) is 31.2 Å². The van der Waals surface area contributed by atoms with Crippen LogP contribution in [0.15, 0.2) is 42.6 Å². The zero-order valence-electron chi connectivity index (χ0n) is 13.5. The molecule has 0 saturated carbocycles. The first-order valence-corrected chi connectivity index (χ1v) is 8.66. The number of hydrogen-bond donors (Lipinski definition) is 1. The van der Waals surface area contributed by atoms with E-state index < -0.39 is 0 Å². The number of rotatable bonds is 3. The molecule has 5 heteroatoms. The van der Waals surface area contributed by atoms with Gasteiger partial charge in [-0.2, -0.15) is 0 Å². The van der Waals surface area contributed by atoms with Crippen molar-refractivity contribution in [3.8, 4) is 11.6 Å². The lowest BCUT2D eigenvalue weighted by Gasteiger charge is -2.28. The van der Waals surface area contributed by atoms with Crippen LogP contribution in [0, 0.1) is 0 Å². The fourth-order valence-electron chi connectivity index (χ4n) is 3.99. The van der Waals surface area contributed by atoms with Gasteiger partial charge in [-0.15, -0.1) is 0 Å². The highest BCUT2D eigenvalue weighted by atomic mass is 16.6. The van der Waals surface area contributed by atoms with Crippen LogP contribution in [-0.2, 0) is 6.54 Å². The van der Waals surface area contributed by atoms with Gasteiger partial charge in [0.2, 0.25) is 0 Å². The minimum Gasteiger partial charge on any atom is -0.484 e. The Labute approximate surface area is 141 Å². The molecule has 1 aromatic heterocycles. The molecule has 0 aliphatic carbocycles. The normalized spacial score (nSPS) is 28.2. The van der Waals surface area contributed by atoms with Crippen molar-refractivity contribution in [1.29, 1.82) is 0 Å². The van der Waals surface area contributed by atoms with Gasteiger partial charge in [-0.3, -0.25) is 4.90 Å². The quantitative estimate of drug-likeness (QED) is 0.938. The topological polar surface area (TPSA) is 46.6 Å². The van der Waals surface area contributed by atoms with Crippen molar-refractivity contribution in [2.75, 3.05) is 19.7 Å². The molecule has 3 aliphatic heterocycles. The van der Waals surface area contributed by atoms with Gasteiger partial charge in [0, 0.05) is 37.9 Å². The molecule has 3 aliphatic rings. The summed E-state index contributed by atoms with van der Waals surface area (Å²) in [5.74, 6) is 1.31. The molecule has 0 radical (unpaired) electrons. The lowest BCUT2D eigenvalue weighted by Crippen LogP contribution is -2.42. The first-order valence-electron chi connectivity index (χ1n) is 8.66. The molecule has 0 spiro atoms. The summed E-state index contributed by atoms with van der Waals surface area (Å²) in [6.45, 7) is 3.88. The molecule has 1 unspecified atom stereocenters. The summed E-state index contributed by atoms with van der Waals surface area (Å²) in [6, 6.07) is 13.9. The van der Waals surface area contributed by atoms with Crippen LogP contribution < -0.4 is 14.8 Å². The van der Waals surface area contributed by atoms with Crippen LogP contribution in [0.25, 0.3) is 0 Å². The summed E-state index contributed by atoms with van der Waals surface area (Å²) in [7, 11) is 0. The van der Waals surface area contributed by atoms with Gasteiger partial charge >= 0.3 is 0 Å². The van der Waals surface area contributed by atoms with Crippen LogP contribution in [0.5, 0.6) is 11.6 Å². The lowest BCUT2D eigenvalue weighted by molar-refractivity contribution is 0.0850. The van der Waals surface area contributed by atoms with Gasteiger partial charge in [-0.25, -0.2) is 4.98 Å². The third-order valence-electron chi connectivity index (χ3n) is 5.29. The van der Waals surface area contributed by atoms with E-state index >= 15 is 0 Å². The Kier molecular flexibility index (Phi) is 3.42. The van der Waals surface area contributed by atoms with E-state index in [1.807, 2.05) is 12.1 Å². The predicted molar refractivity (Wildman–Crippen MR) is 90.1 cm³/mol. The average molecular weight is 323 g/mol. The maximum atomic E-state index is 5.98. The number of nitrogens with zero attached hydrogens (tertiary/aromatic N) is 2. The predicted octanol–water partition coefficient (Wildman–Crippen LogP) is 2.14. The van der Waals surface area contributed by atoms with Gasteiger partial charge in [-0.05, 0) is 29.7 Å². The van der Waals surface area contributed by atoms with Crippen molar-refractivity contribution in [2.24, 2.45) is 0 Å². The summed E-state index contributed by atoms with van der Waals surface area (Å²) >= 11 is 0. The maximum absolute atomic E-state index is 5.98. The summed E-state index contributed by atoms with van der Waals surface area (Å²) in [6.07, 6.45) is 2.94. The van der Waals surface area contributed by atoms with E-state index in [2.05, 4.69) is 39.5 Å². The van der Waals surface area contributed by atoms with Crippen LogP contribution in [0.1, 0.15) is 23.7 Å². The number of benzene rings is 1. The molecule has 4 heterocycles. The summed E-state index contributed by atoms with van der Waals surface area (Å²) < 4.78 is 11.7. The summed E-state index contributed by atoms with van der Waals surface area (Å²) in [4.78, 5) is 6.84. The molecule has 24 heavy (non-hydrogen) atoms. The molecular formula is C19H21N3O2. The number of aromatic nitrogens is 1. The van der Waals surface area contributed by atoms with Gasteiger partial charge in [0.05, 0.1) is 0 Å². The second-order valence-electron chi connectivity index (χ2n) is 6.89. The third kappa shape index (κ3) is 2.54. The van der Waals surface area contributed by atoms with Gasteiger partial charge in [-0.1, -0.05) is 24.3 Å². The largest absolute Gasteiger partial charge is 0.484 e. The van der Waals surface area contributed by atoms with Crippen LogP contribution in [0.4, 0.5) is 0 Å². The van der Waals surface area contributed by atoms with Crippen molar-refractivity contribution < 1.29 is 9.47 Å². The zero-order chi connectivity index (χ0) is 15.9. The summed E-state index contributed by atoms with van der Waals surface area (Å²) in [5.41, 5.74) is 2.50. The minimum atomic E-state index is -0.0894. The second kappa shape index (κ2) is 5.76. The van der Waals surface area contributed by atoms with E-state index in [-0.39, 0.29) is 6.10 Å². The Morgan fingerprint density at radius 3 is 2.92 bits per heavy atom. The Balaban J connectivity index is 1.27. The molecule has 0 amide bonds. The number of pyridine rings is 1. The Bertz CT molecular complexity index is 734. The SMILES string of the molecule is c1cnc2c(c1)OC[C@H](c1ccc(CN3C[C@@H]4CC3CN4)cc1)O2. The Morgan fingerprint density at radius 1 is 1.21 bits per heavy atom. The highest BCUT2D eigenvalue weighted by molar-refractivity contribution is 5.36. The number of likely N-dealkylation sites (tertiary alicyclic amines) is 1. The number of hydrogen-bond acceptors (Lipinski definition) is 5. The van der Waals surface area contributed by atoms with Gasteiger partial charge in [0.1, 0.15) is 6.61 Å². The van der Waals surface area contributed by atoms with E-state index in [1.165, 1.54) is 18.5 Å². The van der Waals surface area contributed by atoms with Crippen LogP contribution in [0.3, 0.4) is 0 Å². The fourth-order valence-corrected chi connectivity index (χ4v) is 3.99. The minimum absolute atomic E-state index is 0.0894. The average Bonchev–Trinajstić information content (AvgIpc) is 3.25. The molecule has 1 aromatic carbocycles. The molecule has 2 fully saturated rings. The summed E-state index contributed by atoms with van der Waals surface area (Å²) in [5, 5.41) is 3.55. The monoisotopic (exact) mass is 323 g/mol. The van der Waals surface area contributed by atoms with Gasteiger partial charge in [0.25, 0.3) is 5.88 Å². The molecule has 2 aromatic rings. The number of nitrogens with one attached hydrogen (secondary N) is 1. The van der Waals surface area contributed by atoms with Crippen molar-refractivity contribution in [3.63, 3.8) is 0 Å². The molecule has 5 nitrogen and oxygen atoms in total. The number of ether oxygens (including phenoxy) is 2. The van der Waals surface area contributed by atoms with Crippen LogP contribution in [-0.4, -0.2) is 41.7 Å². The van der Waals surface area contributed by atoms with E-state index in [0.29, 0.717) is 24.6 Å². The van der Waals surface area contributed by atoms with E-state index in [4.69, 9.17) is 9.47 Å². The molecular weight excluding hydrogens is 302 g/mol. The first-order chi connectivity index (χ1) is 11.8. The maximum Gasteiger partial charge on any atom is 0.257 e. The standard InChI is InChI=1S/C19H21N3O2/c1-2-17-19(20-7-1)24-18(12-23-17)14-5-3-13(4-6-14)10-22-11-15-8-16(22)9-21-15/h1-7,15-16,18,21H,8-12H2/t15-,16?,18+/m0/s1. The Morgan fingerprint density at radius 2 is 2.12 bits per heavy atom. The molecule has 5 rings (SSSR count).